The highest BCUT2D eigenvalue weighted by molar-refractivity contribution is 5.61. The van der Waals surface area contributed by atoms with Gasteiger partial charge in [0.1, 0.15) is 11.5 Å². The standard InChI is InChI=1S/C19H13F3N4O/c20-13-8-15(22)14(21)7-12(13)10-1-2-17-16(5-10)24-18-6-11(3-4-26(17)18)19-23-9-27-25-19/h3-4,6-10H,1-2,5H2. The summed E-state index contributed by atoms with van der Waals surface area (Å²) in [5.41, 5.74) is 3.59. The predicted molar refractivity (Wildman–Crippen MR) is 89.6 cm³/mol. The first-order valence-electron chi connectivity index (χ1n) is 8.51. The van der Waals surface area contributed by atoms with E-state index in [9.17, 15) is 13.2 Å². The number of halogens is 3. The second kappa shape index (κ2) is 5.94. The maximum absolute atomic E-state index is 14.2. The summed E-state index contributed by atoms with van der Waals surface area (Å²) < 4.78 is 47.7. The fourth-order valence-electron chi connectivity index (χ4n) is 3.77. The molecule has 136 valence electrons. The highest BCUT2D eigenvalue weighted by Gasteiger charge is 2.27. The molecule has 5 rings (SSSR count). The van der Waals surface area contributed by atoms with Crippen molar-refractivity contribution in [1.82, 2.24) is 19.5 Å². The van der Waals surface area contributed by atoms with Crippen LogP contribution in [0.15, 0.2) is 41.4 Å². The molecule has 1 aromatic carbocycles. The Morgan fingerprint density at radius 2 is 1.93 bits per heavy atom. The molecule has 3 aromatic heterocycles. The average Bonchev–Trinajstić information content (AvgIpc) is 3.31. The van der Waals surface area contributed by atoms with E-state index in [4.69, 9.17) is 4.52 Å². The van der Waals surface area contributed by atoms with Crippen molar-refractivity contribution in [3.05, 3.63) is 71.3 Å². The van der Waals surface area contributed by atoms with Crippen molar-refractivity contribution in [3.63, 3.8) is 0 Å². The fraction of sp³-hybridized carbons (Fsp3) is 0.211. The van der Waals surface area contributed by atoms with Crippen LogP contribution in [0.5, 0.6) is 0 Å². The Morgan fingerprint density at radius 1 is 1.07 bits per heavy atom. The van der Waals surface area contributed by atoms with Crippen LogP contribution in [0.1, 0.15) is 29.3 Å². The van der Waals surface area contributed by atoms with Gasteiger partial charge in [-0.3, -0.25) is 0 Å². The lowest BCUT2D eigenvalue weighted by Crippen LogP contribution is -2.15. The van der Waals surface area contributed by atoms with E-state index in [0.717, 1.165) is 28.7 Å². The molecule has 8 heteroatoms. The lowest BCUT2D eigenvalue weighted by atomic mass is 9.84. The molecule has 1 atom stereocenters. The summed E-state index contributed by atoms with van der Waals surface area (Å²) in [6.07, 6.45) is 4.93. The maximum Gasteiger partial charge on any atom is 0.214 e. The second-order valence-electron chi connectivity index (χ2n) is 6.63. The maximum atomic E-state index is 14.2. The Hall–Kier alpha value is -3.16. The van der Waals surface area contributed by atoms with E-state index in [1.54, 1.807) is 0 Å². The molecule has 0 aliphatic heterocycles. The van der Waals surface area contributed by atoms with Gasteiger partial charge in [0, 0.05) is 23.5 Å². The van der Waals surface area contributed by atoms with Crippen molar-refractivity contribution >= 4 is 5.65 Å². The third kappa shape index (κ3) is 2.59. The first-order valence-corrected chi connectivity index (χ1v) is 8.51. The molecule has 0 radical (unpaired) electrons. The molecule has 4 aromatic rings. The van der Waals surface area contributed by atoms with E-state index in [1.165, 1.54) is 6.39 Å². The average molecular weight is 370 g/mol. The minimum Gasteiger partial charge on any atom is -0.342 e. The number of fused-ring (bicyclic) bond motifs is 3. The number of nitrogens with zero attached hydrogens (tertiary/aromatic N) is 4. The first kappa shape index (κ1) is 16.0. The third-order valence-corrected chi connectivity index (χ3v) is 5.08. The van der Waals surface area contributed by atoms with Gasteiger partial charge in [-0.25, -0.2) is 18.2 Å². The van der Waals surface area contributed by atoms with Crippen LogP contribution in [-0.2, 0) is 12.8 Å². The fourth-order valence-corrected chi connectivity index (χ4v) is 3.77. The van der Waals surface area contributed by atoms with E-state index >= 15 is 0 Å². The number of rotatable bonds is 2. The van der Waals surface area contributed by atoms with Crippen molar-refractivity contribution in [2.24, 2.45) is 0 Å². The van der Waals surface area contributed by atoms with Gasteiger partial charge >= 0.3 is 0 Å². The number of hydrogen-bond donors (Lipinski definition) is 0. The number of pyridine rings is 1. The molecule has 27 heavy (non-hydrogen) atoms. The molecule has 1 unspecified atom stereocenters. The molecule has 0 saturated carbocycles. The molecule has 0 fully saturated rings. The minimum absolute atomic E-state index is 0.198. The van der Waals surface area contributed by atoms with Gasteiger partial charge in [-0.2, -0.15) is 4.98 Å². The summed E-state index contributed by atoms with van der Waals surface area (Å²) in [6.45, 7) is 0. The van der Waals surface area contributed by atoms with Crippen LogP contribution in [0.25, 0.3) is 17.0 Å². The molecular formula is C19H13F3N4O. The third-order valence-electron chi connectivity index (χ3n) is 5.08. The summed E-state index contributed by atoms with van der Waals surface area (Å²) in [6, 6.07) is 5.31. The molecule has 3 heterocycles. The van der Waals surface area contributed by atoms with Crippen LogP contribution in [0, 0.1) is 17.5 Å². The van der Waals surface area contributed by atoms with Crippen LogP contribution in [0.2, 0.25) is 0 Å². The zero-order valence-electron chi connectivity index (χ0n) is 14.0. The Bertz CT molecular complexity index is 1150. The lowest BCUT2D eigenvalue weighted by Gasteiger charge is -2.22. The summed E-state index contributed by atoms with van der Waals surface area (Å²) in [7, 11) is 0. The van der Waals surface area contributed by atoms with Gasteiger partial charge in [-0.15, -0.1) is 0 Å². The smallest absolute Gasteiger partial charge is 0.214 e. The zero-order chi connectivity index (χ0) is 18.5. The second-order valence-corrected chi connectivity index (χ2v) is 6.63. The van der Waals surface area contributed by atoms with Gasteiger partial charge in [-0.1, -0.05) is 5.16 Å². The number of aryl methyl sites for hydroxylation is 1. The zero-order valence-corrected chi connectivity index (χ0v) is 14.0. The molecular weight excluding hydrogens is 357 g/mol. The van der Waals surface area contributed by atoms with Crippen molar-refractivity contribution in [1.29, 1.82) is 0 Å². The molecule has 0 saturated heterocycles. The highest BCUT2D eigenvalue weighted by Crippen LogP contribution is 2.35. The van der Waals surface area contributed by atoms with E-state index in [1.807, 2.05) is 22.7 Å². The normalized spacial score (nSPS) is 16.6. The van der Waals surface area contributed by atoms with E-state index in [2.05, 4.69) is 15.1 Å². The molecule has 5 nitrogen and oxygen atoms in total. The van der Waals surface area contributed by atoms with Crippen molar-refractivity contribution in [3.8, 4) is 11.4 Å². The Balaban J connectivity index is 1.52. The Kier molecular flexibility index (Phi) is 3.53. The van der Waals surface area contributed by atoms with Gasteiger partial charge in [0.25, 0.3) is 0 Å². The number of benzene rings is 1. The Morgan fingerprint density at radius 3 is 2.74 bits per heavy atom. The molecule has 0 spiro atoms. The summed E-state index contributed by atoms with van der Waals surface area (Å²) in [5, 5.41) is 3.82. The number of imidazole rings is 1. The lowest BCUT2D eigenvalue weighted by molar-refractivity contribution is 0.419. The SMILES string of the molecule is Fc1cc(F)c(C2CCc3c(nc4cc(-c5ncon5)ccn34)C2)cc1F. The van der Waals surface area contributed by atoms with Crippen LogP contribution >= 0.6 is 0 Å². The first-order chi connectivity index (χ1) is 13.1. The molecule has 0 amide bonds. The van der Waals surface area contributed by atoms with Crippen LogP contribution in [-0.4, -0.2) is 19.5 Å². The van der Waals surface area contributed by atoms with Gasteiger partial charge in [0.05, 0.1) is 5.69 Å². The topological polar surface area (TPSA) is 56.2 Å². The van der Waals surface area contributed by atoms with E-state index < -0.39 is 17.5 Å². The summed E-state index contributed by atoms with van der Waals surface area (Å²) >= 11 is 0. The monoisotopic (exact) mass is 370 g/mol. The summed E-state index contributed by atoms with van der Waals surface area (Å²) in [5.74, 6) is -2.69. The summed E-state index contributed by atoms with van der Waals surface area (Å²) in [4.78, 5) is 8.69. The van der Waals surface area contributed by atoms with Crippen molar-refractivity contribution < 1.29 is 17.7 Å². The van der Waals surface area contributed by atoms with Gasteiger partial charge in [0.15, 0.2) is 11.6 Å². The Labute approximate surface area is 151 Å². The molecule has 0 bridgehead atoms. The highest BCUT2D eigenvalue weighted by atomic mass is 19.2. The van der Waals surface area contributed by atoms with E-state index in [0.29, 0.717) is 31.2 Å². The van der Waals surface area contributed by atoms with Crippen molar-refractivity contribution in [2.75, 3.05) is 0 Å². The number of aromatic nitrogens is 4. The van der Waals surface area contributed by atoms with Crippen LogP contribution in [0.3, 0.4) is 0 Å². The minimum atomic E-state index is -1.17. The largest absolute Gasteiger partial charge is 0.342 e. The van der Waals surface area contributed by atoms with Crippen molar-refractivity contribution in [2.45, 2.75) is 25.2 Å². The van der Waals surface area contributed by atoms with Crippen LogP contribution in [0.4, 0.5) is 13.2 Å². The molecule has 0 N–H and O–H groups in total. The van der Waals surface area contributed by atoms with E-state index in [-0.39, 0.29) is 11.5 Å². The molecule has 1 aliphatic carbocycles. The van der Waals surface area contributed by atoms with Crippen LogP contribution < -0.4 is 0 Å². The van der Waals surface area contributed by atoms with Gasteiger partial charge in [-0.05, 0) is 48.9 Å². The number of hydrogen-bond acceptors (Lipinski definition) is 4. The molecule has 1 aliphatic rings. The van der Waals surface area contributed by atoms with Gasteiger partial charge < -0.3 is 8.92 Å². The van der Waals surface area contributed by atoms with Gasteiger partial charge in [0.2, 0.25) is 12.2 Å². The quantitative estimate of drug-likeness (QED) is 0.499. The predicted octanol–water partition coefficient (Wildman–Crippen LogP) is 4.07.